The molecule has 0 atom stereocenters. The van der Waals surface area contributed by atoms with Crippen molar-refractivity contribution < 1.29 is 14.5 Å². The number of hydrogen-bond donors (Lipinski definition) is 1. The van der Waals surface area contributed by atoms with E-state index in [1.54, 1.807) is 17.0 Å². The first-order valence-electron chi connectivity index (χ1n) is 7.30. The monoisotopic (exact) mass is 385 g/mol. The Morgan fingerprint density at radius 2 is 2.13 bits per heavy atom. The van der Waals surface area contributed by atoms with Crippen LogP contribution in [0.1, 0.15) is 26.3 Å². The molecule has 1 amide bonds. The van der Waals surface area contributed by atoms with Gasteiger partial charge in [-0.15, -0.1) is 0 Å². The van der Waals surface area contributed by atoms with Gasteiger partial charge in [0.1, 0.15) is 5.60 Å². The number of ether oxygens (including phenoxy) is 1. The zero-order valence-corrected chi connectivity index (χ0v) is 14.9. The number of carbonyl (C=O) groups excluding carboxylic acids is 1. The minimum atomic E-state index is -0.506. The minimum absolute atomic E-state index is 0.0789. The summed E-state index contributed by atoms with van der Waals surface area (Å²) >= 11 is 3.23. The van der Waals surface area contributed by atoms with Crippen LogP contribution in [0.4, 0.5) is 10.5 Å². The number of carbonyl (C=O) groups is 1. The summed E-state index contributed by atoms with van der Waals surface area (Å²) in [5.41, 5.74) is 0.192. The summed E-state index contributed by atoms with van der Waals surface area (Å²) in [4.78, 5) is 24.1. The largest absolute Gasteiger partial charge is 0.444 e. The molecular weight excluding hydrogens is 366 g/mol. The molecule has 0 bridgehead atoms. The summed E-state index contributed by atoms with van der Waals surface area (Å²) in [6, 6.07) is 5.10. The molecule has 0 aliphatic carbocycles. The number of halogens is 1. The van der Waals surface area contributed by atoms with Crippen molar-refractivity contribution in [3.05, 3.63) is 38.3 Å². The Hall–Kier alpha value is -1.67. The highest BCUT2D eigenvalue weighted by molar-refractivity contribution is 9.10. The predicted molar refractivity (Wildman–Crippen MR) is 89.2 cm³/mol. The average molecular weight is 386 g/mol. The third-order valence-electron chi connectivity index (χ3n) is 3.36. The van der Waals surface area contributed by atoms with Gasteiger partial charge in [0.05, 0.1) is 4.92 Å². The van der Waals surface area contributed by atoms with E-state index in [-0.39, 0.29) is 17.8 Å². The molecule has 0 unspecified atom stereocenters. The Balaban J connectivity index is 1.84. The van der Waals surface area contributed by atoms with Gasteiger partial charge in [0.2, 0.25) is 0 Å². The normalized spacial score (nSPS) is 15.2. The zero-order valence-electron chi connectivity index (χ0n) is 13.3. The molecular formula is C15H20BrN3O4. The van der Waals surface area contributed by atoms with Crippen LogP contribution in [0, 0.1) is 10.1 Å². The SMILES string of the molecule is CC(C)(C)OC(=O)N1CC(NCc2ccc(Br)cc2[N+](=O)[O-])C1. The quantitative estimate of drug-likeness (QED) is 0.635. The lowest BCUT2D eigenvalue weighted by molar-refractivity contribution is -0.385. The molecule has 23 heavy (non-hydrogen) atoms. The Labute approximate surface area is 143 Å². The smallest absolute Gasteiger partial charge is 0.410 e. The van der Waals surface area contributed by atoms with Gasteiger partial charge in [-0.2, -0.15) is 0 Å². The predicted octanol–water partition coefficient (Wildman–Crippen LogP) is 3.07. The molecule has 7 nitrogen and oxygen atoms in total. The summed E-state index contributed by atoms with van der Waals surface area (Å²) < 4.78 is 5.95. The van der Waals surface area contributed by atoms with Crippen LogP contribution in [0.2, 0.25) is 0 Å². The standard InChI is InChI=1S/C15H20BrN3O4/c1-15(2,3)23-14(20)18-8-12(9-18)17-7-10-4-5-11(16)6-13(10)19(21)22/h4-6,12,17H,7-9H2,1-3H3. The average Bonchev–Trinajstić information content (AvgIpc) is 2.35. The molecule has 0 radical (unpaired) electrons. The lowest BCUT2D eigenvalue weighted by atomic mass is 10.1. The van der Waals surface area contributed by atoms with E-state index in [9.17, 15) is 14.9 Å². The Morgan fingerprint density at radius 3 is 2.70 bits per heavy atom. The first-order chi connectivity index (χ1) is 10.7. The van der Waals surface area contributed by atoms with E-state index in [0.717, 1.165) is 0 Å². The zero-order chi connectivity index (χ0) is 17.2. The molecule has 8 heteroatoms. The van der Waals surface area contributed by atoms with Crippen LogP contribution in [0.25, 0.3) is 0 Å². The van der Waals surface area contributed by atoms with Crippen molar-refractivity contribution in [3.63, 3.8) is 0 Å². The number of rotatable bonds is 4. The number of benzene rings is 1. The van der Waals surface area contributed by atoms with Gasteiger partial charge in [-0.3, -0.25) is 10.1 Å². The maximum Gasteiger partial charge on any atom is 0.410 e. The van der Waals surface area contributed by atoms with Crippen molar-refractivity contribution in [1.82, 2.24) is 10.2 Å². The molecule has 1 aliphatic rings. The van der Waals surface area contributed by atoms with Gasteiger partial charge in [0, 0.05) is 41.8 Å². The lowest BCUT2D eigenvalue weighted by Crippen LogP contribution is -2.60. The van der Waals surface area contributed by atoms with E-state index in [1.807, 2.05) is 20.8 Å². The maximum atomic E-state index is 11.8. The van der Waals surface area contributed by atoms with E-state index < -0.39 is 10.5 Å². The number of nitro groups is 1. The van der Waals surface area contributed by atoms with Gasteiger partial charge in [-0.1, -0.05) is 15.9 Å². The maximum absolute atomic E-state index is 11.8. The second-order valence-electron chi connectivity index (χ2n) is 6.49. The number of nitrogens with one attached hydrogen (secondary N) is 1. The highest BCUT2D eigenvalue weighted by atomic mass is 79.9. The number of amides is 1. The summed E-state index contributed by atoms with van der Waals surface area (Å²) in [7, 11) is 0. The van der Waals surface area contributed by atoms with Gasteiger partial charge < -0.3 is 15.0 Å². The van der Waals surface area contributed by atoms with Crippen molar-refractivity contribution in [2.75, 3.05) is 13.1 Å². The van der Waals surface area contributed by atoms with Crippen LogP contribution >= 0.6 is 15.9 Å². The summed E-state index contributed by atoms with van der Waals surface area (Å²) in [5.74, 6) is 0. The molecule has 0 spiro atoms. The fraction of sp³-hybridized carbons (Fsp3) is 0.533. The van der Waals surface area contributed by atoms with E-state index in [0.29, 0.717) is 29.7 Å². The molecule has 1 heterocycles. The molecule has 0 aromatic heterocycles. The van der Waals surface area contributed by atoms with Crippen LogP contribution in [-0.4, -0.2) is 40.6 Å². The van der Waals surface area contributed by atoms with E-state index in [1.165, 1.54) is 6.07 Å². The first kappa shape index (κ1) is 17.7. The van der Waals surface area contributed by atoms with Crippen molar-refractivity contribution in [1.29, 1.82) is 0 Å². The summed E-state index contributed by atoms with van der Waals surface area (Å²) in [5, 5.41) is 14.3. The third kappa shape index (κ3) is 4.90. The topological polar surface area (TPSA) is 84.7 Å². The van der Waals surface area contributed by atoms with Gasteiger partial charge in [-0.25, -0.2) is 4.79 Å². The summed E-state index contributed by atoms with van der Waals surface area (Å²) in [6.07, 6.45) is -0.329. The molecule has 126 valence electrons. The molecule has 1 saturated heterocycles. The van der Waals surface area contributed by atoms with Crippen molar-refractivity contribution in [3.8, 4) is 0 Å². The van der Waals surface area contributed by atoms with Gasteiger partial charge >= 0.3 is 6.09 Å². The van der Waals surface area contributed by atoms with Crippen molar-refractivity contribution in [2.45, 2.75) is 39.0 Å². The lowest BCUT2D eigenvalue weighted by Gasteiger charge is -2.40. The number of nitro benzene ring substituents is 1. The van der Waals surface area contributed by atoms with Crippen LogP contribution in [0.5, 0.6) is 0 Å². The Kier molecular flexibility index (Phi) is 5.26. The van der Waals surface area contributed by atoms with E-state index in [2.05, 4.69) is 21.2 Å². The highest BCUT2D eigenvalue weighted by Crippen LogP contribution is 2.24. The van der Waals surface area contributed by atoms with Crippen LogP contribution in [0.3, 0.4) is 0 Å². The first-order valence-corrected chi connectivity index (χ1v) is 8.09. The van der Waals surface area contributed by atoms with Crippen LogP contribution < -0.4 is 5.32 Å². The van der Waals surface area contributed by atoms with E-state index in [4.69, 9.17) is 4.74 Å². The van der Waals surface area contributed by atoms with Crippen LogP contribution in [0.15, 0.2) is 22.7 Å². The fourth-order valence-electron chi connectivity index (χ4n) is 2.19. The molecule has 1 aliphatic heterocycles. The number of likely N-dealkylation sites (tertiary alicyclic amines) is 1. The Bertz CT molecular complexity index is 609. The minimum Gasteiger partial charge on any atom is -0.444 e. The van der Waals surface area contributed by atoms with E-state index >= 15 is 0 Å². The van der Waals surface area contributed by atoms with Crippen LogP contribution in [-0.2, 0) is 11.3 Å². The second-order valence-corrected chi connectivity index (χ2v) is 7.41. The van der Waals surface area contributed by atoms with Gasteiger partial charge in [-0.05, 0) is 32.9 Å². The van der Waals surface area contributed by atoms with Crippen molar-refractivity contribution in [2.24, 2.45) is 0 Å². The molecule has 0 saturated carbocycles. The van der Waals surface area contributed by atoms with Gasteiger partial charge in [0.15, 0.2) is 0 Å². The molecule has 1 aromatic carbocycles. The third-order valence-corrected chi connectivity index (χ3v) is 3.85. The molecule has 2 rings (SSSR count). The molecule has 1 fully saturated rings. The number of hydrogen-bond acceptors (Lipinski definition) is 5. The highest BCUT2D eigenvalue weighted by Gasteiger charge is 2.33. The molecule has 1 N–H and O–H groups in total. The van der Waals surface area contributed by atoms with Gasteiger partial charge in [0.25, 0.3) is 5.69 Å². The fourth-order valence-corrected chi connectivity index (χ4v) is 2.54. The molecule has 1 aromatic rings. The van der Waals surface area contributed by atoms with Crippen molar-refractivity contribution >= 4 is 27.7 Å². The Morgan fingerprint density at radius 1 is 1.48 bits per heavy atom. The summed E-state index contributed by atoms with van der Waals surface area (Å²) in [6.45, 7) is 6.95. The second kappa shape index (κ2) is 6.84. The number of nitrogens with zero attached hydrogens (tertiary/aromatic N) is 2.